The van der Waals surface area contributed by atoms with E-state index >= 15 is 8.78 Å². The molecule has 1 aliphatic rings. The molecule has 0 amide bonds. The molecule has 8 heteroatoms. The minimum atomic E-state index is -5.56. The first-order valence-corrected chi connectivity index (χ1v) is 10.5. The van der Waals surface area contributed by atoms with E-state index < -0.39 is 70.7 Å². The van der Waals surface area contributed by atoms with Gasteiger partial charge in [-0.25, -0.2) is 17.6 Å². The zero-order valence-corrected chi connectivity index (χ0v) is 17.4. The molecule has 176 valence electrons. The summed E-state index contributed by atoms with van der Waals surface area (Å²) in [6.45, 7) is 2.12. The van der Waals surface area contributed by atoms with E-state index in [1.165, 1.54) is 0 Å². The Morgan fingerprint density at radius 2 is 1.34 bits per heavy atom. The number of benzene rings is 2. The van der Waals surface area contributed by atoms with E-state index in [2.05, 4.69) is 11.7 Å². The highest BCUT2D eigenvalue weighted by Crippen LogP contribution is 2.36. The van der Waals surface area contributed by atoms with Crippen LogP contribution in [0.3, 0.4) is 0 Å². The van der Waals surface area contributed by atoms with Gasteiger partial charge in [-0.15, -0.1) is 13.2 Å². The van der Waals surface area contributed by atoms with Crippen LogP contribution in [0, 0.1) is 35.1 Å². The molecular weight excluding hydrogens is 437 g/mol. The van der Waals surface area contributed by atoms with Crippen LogP contribution in [0.5, 0.6) is 5.75 Å². The predicted molar refractivity (Wildman–Crippen MR) is 107 cm³/mol. The van der Waals surface area contributed by atoms with Gasteiger partial charge < -0.3 is 4.74 Å². The molecule has 0 saturated heterocycles. The zero-order valence-electron chi connectivity index (χ0n) is 21.4. The number of hydrogen-bond donors (Lipinski definition) is 0. The highest BCUT2D eigenvalue weighted by atomic mass is 19.4. The fraction of sp³-hybridized carbons (Fsp3) is 0.500. The Kier molecular flexibility index (Phi) is 6.09. The lowest BCUT2D eigenvalue weighted by Crippen LogP contribution is -2.19. The molecule has 0 radical (unpaired) electrons. The van der Waals surface area contributed by atoms with E-state index in [1.54, 1.807) is 0 Å². The second kappa shape index (κ2) is 10.1. The standard InChI is InChI=1S/C24H25F7O/c1-2-3-14-4-6-15(7-5-14)8-9-16-10-18(25)22(19(26)11-16)17-12-20(27)23(21(28)13-17)32-24(29,30)31/h10-15H,2-9H2,1H3/i10D,11D,12D,13D. The van der Waals surface area contributed by atoms with Gasteiger partial charge in [0.1, 0.15) is 11.6 Å². The van der Waals surface area contributed by atoms with Crippen molar-refractivity contribution in [3.63, 3.8) is 0 Å². The van der Waals surface area contributed by atoms with Gasteiger partial charge in [0.05, 0.1) is 11.0 Å². The summed E-state index contributed by atoms with van der Waals surface area (Å²) in [5.41, 5.74) is -3.00. The largest absolute Gasteiger partial charge is 0.573 e. The van der Waals surface area contributed by atoms with Gasteiger partial charge >= 0.3 is 6.36 Å². The summed E-state index contributed by atoms with van der Waals surface area (Å²) in [7, 11) is 0. The molecule has 0 aliphatic heterocycles. The van der Waals surface area contributed by atoms with Crippen LogP contribution in [0.2, 0.25) is 0 Å². The second-order valence-electron chi connectivity index (χ2n) is 8.08. The molecule has 0 N–H and O–H groups in total. The molecule has 0 bridgehead atoms. The molecule has 0 heterocycles. The van der Waals surface area contributed by atoms with Crippen molar-refractivity contribution in [2.75, 3.05) is 0 Å². The number of alkyl halides is 3. The van der Waals surface area contributed by atoms with Gasteiger partial charge in [0.2, 0.25) is 5.75 Å². The van der Waals surface area contributed by atoms with Gasteiger partial charge in [0.15, 0.2) is 11.6 Å². The first-order valence-electron chi connectivity index (χ1n) is 12.5. The van der Waals surface area contributed by atoms with E-state index in [0.29, 0.717) is 12.3 Å². The maximum absolute atomic E-state index is 15.2. The quantitative estimate of drug-likeness (QED) is 0.373. The van der Waals surface area contributed by atoms with Gasteiger partial charge in [0, 0.05) is 0 Å². The average molecular weight is 466 g/mol. The van der Waals surface area contributed by atoms with Crippen molar-refractivity contribution < 1.29 is 41.0 Å². The van der Waals surface area contributed by atoms with Crippen LogP contribution in [0.15, 0.2) is 24.2 Å². The average Bonchev–Trinajstić information content (AvgIpc) is 2.82. The highest BCUT2D eigenvalue weighted by molar-refractivity contribution is 5.66. The molecule has 2 aromatic carbocycles. The third-order valence-electron chi connectivity index (χ3n) is 5.76. The Balaban J connectivity index is 1.97. The molecule has 0 spiro atoms. The van der Waals surface area contributed by atoms with Crippen LogP contribution < -0.4 is 4.74 Å². The third kappa shape index (κ3) is 6.17. The first kappa shape index (κ1) is 19.2. The van der Waals surface area contributed by atoms with Crippen LogP contribution in [0.4, 0.5) is 30.7 Å². The molecule has 32 heavy (non-hydrogen) atoms. The maximum Gasteiger partial charge on any atom is 0.573 e. The van der Waals surface area contributed by atoms with Crippen LogP contribution in [-0.4, -0.2) is 6.36 Å². The van der Waals surface area contributed by atoms with Crippen LogP contribution in [0.1, 0.15) is 62.9 Å². The first-order chi connectivity index (χ1) is 16.8. The highest BCUT2D eigenvalue weighted by Gasteiger charge is 2.34. The van der Waals surface area contributed by atoms with E-state index in [-0.39, 0.29) is 17.9 Å². The van der Waals surface area contributed by atoms with Gasteiger partial charge in [-0.3, -0.25) is 0 Å². The lowest BCUT2D eigenvalue weighted by molar-refractivity contribution is -0.276. The lowest BCUT2D eigenvalue weighted by Gasteiger charge is -2.28. The number of halogens is 7. The molecule has 1 nitrogen and oxygen atoms in total. The topological polar surface area (TPSA) is 9.23 Å². The van der Waals surface area contributed by atoms with Crippen LogP contribution >= 0.6 is 0 Å². The van der Waals surface area contributed by atoms with Gasteiger partial charge in [-0.2, -0.15) is 0 Å². The number of rotatable bonds is 7. The van der Waals surface area contributed by atoms with Gasteiger partial charge in [-0.05, 0) is 60.0 Å². The summed E-state index contributed by atoms with van der Waals surface area (Å²) in [5, 5.41) is 0. The third-order valence-corrected chi connectivity index (χ3v) is 5.76. The molecule has 0 atom stereocenters. The molecule has 1 saturated carbocycles. The summed E-state index contributed by atoms with van der Waals surface area (Å²) in [4.78, 5) is 0. The second-order valence-corrected chi connectivity index (χ2v) is 8.08. The Morgan fingerprint density at radius 1 is 0.844 bits per heavy atom. The lowest BCUT2D eigenvalue weighted by atomic mass is 9.78. The van der Waals surface area contributed by atoms with Crippen molar-refractivity contribution >= 4 is 0 Å². The minimum absolute atomic E-state index is 0.0114. The smallest absolute Gasteiger partial charge is 0.399 e. The molecular formula is C24H25F7O. The molecule has 0 unspecified atom stereocenters. The Morgan fingerprint density at radius 3 is 1.81 bits per heavy atom. The fourth-order valence-corrected chi connectivity index (χ4v) is 4.22. The van der Waals surface area contributed by atoms with E-state index in [4.69, 9.17) is 5.48 Å². The normalized spacial score (nSPS) is 21.0. The Hall–Kier alpha value is -2.25. The van der Waals surface area contributed by atoms with Gasteiger partial charge in [-0.1, -0.05) is 45.4 Å². The molecule has 1 fully saturated rings. The van der Waals surface area contributed by atoms with Gasteiger partial charge in [0.25, 0.3) is 0 Å². The minimum Gasteiger partial charge on any atom is -0.399 e. The molecule has 3 rings (SSSR count). The van der Waals surface area contributed by atoms with E-state index in [0.717, 1.165) is 38.5 Å². The van der Waals surface area contributed by atoms with Crippen molar-refractivity contribution in [1.82, 2.24) is 0 Å². The number of hydrogen-bond acceptors (Lipinski definition) is 1. The maximum atomic E-state index is 15.2. The van der Waals surface area contributed by atoms with Crippen LogP contribution in [-0.2, 0) is 6.42 Å². The van der Waals surface area contributed by atoms with Crippen molar-refractivity contribution in [3.8, 4) is 16.9 Å². The zero-order chi connectivity index (χ0) is 26.9. The summed E-state index contributed by atoms with van der Waals surface area (Å²) in [5.74, 6) is -8.97. The predicted octanol–water partition coefficient (Wildman–Crippen LogP) is 8.35. The van der Waals surface area contributed by atoms with Crippen LogP contribution in [0.25, 0.3) is 11.1 Å². The molecule has 2 aromatic rings. The van der Waals surface area contributed by atoms with E-state index in [9.17, 15) is 22.0 Å². The molecule has 1 aliphatic carbocycles. The number of ether oxygens (including phenoxy) is 1. The monoisotopic (exact) mass is 466 g/mol. The van der Waals surface area contributed by atoms with Crippen molar-refractivity contribution in [2.45, 2.75) is 64.7 Å². The fourth-order valence-electron chi connectivity index (χ4n) is 4.22. The van der Waals surface area contributed by atoms with Crippen molar-refractivity contribution in [3.05, 3.63) is 53.0 Å². The summed E-state index contributed by atoms with van der Waals surface area (Å²) < 4.78 is 131. The Bertz CT molecular complexity index is 1070. The summed E-state index contributed by atoms with van der Waals surface area (Å²) in [6, 6.07) is -5.11. The summed E-state index contributed by atoms with van der Waals surface area (Å²) >= 11 is 0. The van der Waals surface area contributed by atoms with Crippen molar-refractivity contribution in [1.29, 1.82) is 0 Å². The van der Waals surface area contributed by atoms with Crippen molar-refractivity contribution in [2.24, 2.45) is 11.8 Å². The summed E-state index contributed by atoms with van der Waals surface area (Å²) in [6.07, 6.45) is 1.07. The van der Waals surface area contributed by atoms with E-state index in [1.807, 2.05) is 0 Å². The molecule has 0 aromatic heterocycles. The SMILES string of the molecule is [2H]c1c(F)c(-c2c([2H])c(F)c(OC(F)(F)F)c(F)c2[2H])c(F)c([2H])c1CCC1CCC(CCC)CC1. The Labute approximate surface area is 188 Å².